The van der Waals surface area contributed by atoms with E-state index in [1.807, 2.05) is 30.3 Å². The van der Waals surface area contributed by atoms with Crippen molar-refractivity contribution in [3.05, 3.63) is 70.8 Å². The lowest BCUT2D eigenvalue weighted by molar-refractivity contribution is -0.143. The molecule has 0 saturated carbocycles. The molecule has 0 spiro atoms. The number of hydrogen-bond donors (Lipinski definition) is 2. The monoisotopic (exact) mass is 461 g/mol. The van der Waals surface area contributed by atoms with Gasteiger partial charge in [-0.2, -0.15) is 26.3 Å². The fourth-order valence-corrected chi connectivity index (χ4v) is 2.70. The van der Waals surface area contributed by atoms with Crippen LogP contribution in [0.5, 0.6) is 0 Å². The summed E-state index contributed by atoms with van der Waals surface area (Å²) in [6.45, 7) is 0.218. The van der Waals surface area contributed by atoms with Crippen molar-refractivity contribution in [2.75, 3.05) is 13.7 Å². The maximum atomic E-state index is 12.4. The number of hydrogen-bond acceptors (Lipinski definition) is 3. The quantitative estimate of drug-likeness (QED) is 0.300. The van der Waals surface area contributed by atoms with Crippen molar-refractivity contribution in [2.24, 2.45) is 5.84 Å². The minimum absolute atomic E-state index is 0.0266. The SMILES string of the molecule is C#C.COCc1cc(C(F)(F)F)cc(C(F)(F)F)c1.NN1C[C@@H](c2ccccc2)NC1=O. The van der Waals surface area contributed by atoms with Crippen LogP contribution in [0.1, 0.15) is 28.3 Å². The lowest BCUT2D eigenvalue weighted by Gasteiger charge is -2.13. The number of hydrazine groups is 1. The molecule has 0 aliphatic carbocycles. The molecule has 11 heteroatoms. The van der Waals surface area contributed by atoms with Gasteiger partial charge in [0.25, 0.3) is 0 Å². The number of ether oxygens (including phenoxy) is 1. The average molecular weight is 461 g/mol. The zero-order chi connectivity index (χ0) is 24.5. The molecule has 2 aromatic rings. The first kappa shape index (κ1) is 26.8. The first-order valence-corrected chi connectivity index (χ1v) is 8.90. The highest BCUT2D eigenvalue weighted by Gasteiger charge is 2.36. The molecule has 0 aromatic heterocycles. The predicted molar refractivity (Wildman–Crippen MR) is 106 cm³/mol. The van der Waals surface area contributed by atoms with Gasteiger partial charge < -0.3 is 10.1 Å². The number of carbonyl (C=O) groups is 1. The third-order valence-electron chi connectivity index (χ3n) is 4.10. The number of terminal acetylenes is 1. The molecule has 174 valence electrons. The molecule has 0 unspecified atom stereocenters. The largest absolute Gasteiger partial charge is 0.416 e. The number of urea groups is 1. The summed E-state index contributed by atoms with van der Waals surface area (Å²) >= 11 is 0. The van der Waals surface area contributed by atoms with Gasteiger partial charge in [-0.15, -0.1) is 12.8 Å². The molecular formula is C21H21F6N3O2. The Bertz CT molecular complexity index is 866. The van der Waals surface area contributed by atoms with Crippen LogP contribution in [-0.4, -0.2) is 24.7 Å². The van der Waals surface area contributed by atoms with Crippen molar-refractivity contribution in [1.29, 1.82) is 0 Å². The second kappa shape index (κ2) is 11.4. The molecule has 3 rings (SSSR count). The smallest absolute Gasteiger partial charge is 0.380 e. The summed E-state index contributed by atoms with van der Waals surface area (Å²) in [5.41, 5.74) is -1.75. The van der Waals surface area contributed by atoms with Gasteiger partial charge in [0.05, 0.1) is 30.3 Å². The van der Waals surface area contributed by atoms with Gasteiger partial charge in [0, 0.05) is 7.11 Å². The zero-order valence-electron chi connectivity index (χ0n) is 16.9. The number of nitrogens with two attached hydrogens (primary N) is 1. The summed E-state index contributed by atoms with van der Waals surface area (Å²) in [7, 11) is 1.19. The van der Waals surface area contributed by atoms with Gasteiger partial charge >= 0.3 is 18.4 Å². The minimum Gasteiger partial charge on any atom is -0.380 e. The lowest BCUT2D eigenvalue weighted by Crippen LogP contribution is -2.34. The first-order chi connectivity index (χ1) is 14.9. The lowest BCUT2D eigenvalue weighted by atomic mass is 10.1. The summed E-state index contributed by atoms with van der Waals surface area (Å²) < 4.78 is 78.7. The third-order valence-corrected chi connectivity index (χ3v) is 4.10. The Hall–Kier alpha value is -3.23. The third kappa shape index (κ3) is 7.79. The molecule has 1 aliphatic rings. The van der Waals surface area contributed by atoms with Crippen LogP contribution in [0.15, 0.2) is 48.5 Å². The topological polar surface area (TPSA) is 67.6 Å². The number of halogens is 6. The van der Waals surface area contributed by atoms with Gasteiger partial charge in [-0.3, -0.25) is 5.01 Å². The number of benzene rings is 2. The number of alkyl halides is 6. The standard InChI is InChI=1S/C10H8F6O.C9H11N3O.C2H2/c1-17-5-6-2-7(9(11,12)13)4-8(3-6)10(14,15)16;10-12-6-8(11-9(12)13)7-4-2-1-3-5-7;1-2/h2-4H,5H2,1H3;1-5,8H,6,10H2,(H,11,13);1-2H/t;8-;/m.0./s1. The molecule has 0 radical (unpaired) electrons. The number of nitrogens with zero attached hydrogens (tertiary/aromatic N) is 1. The van der Waals surface area contributed by atoms with E-state index in [1.165, 1.54) is 12.1 Å². The second-order valence-electron chi connectivity index (χ2n) is 6.41. The van der Waals surface area contributed by atoms with E-state index in [9.17, 15) is 31.1 Å². The molecule has 2 amide bonds. The Morgan fingerprint density at radius 2 is 1.53 bits per heavy atom. The molecule has 1 atom stereocenters. The highest BCUT2D eigenvalue weighted by Crippen LogP contribution is 2.36. The van der Waals surface area contributed by atoms with Gasteiger partial charge in [-0.25, -0.2) is 10.6 Å². The van der Waals surface area contributed by atoms with Crippen LogP contribution < -0.4 is 11.2 Å². The Kier molecular flexibility index (Phi) is 9.55. The Morgan fingerprint density at radius 3 is 1.91 bits per heavy atom. The number of methoxy groups -OCH3 is 1. The van der Waals surface area contributed by atoms with E-state index in [-0.39, 0.29) is 30.3 Å². The van der Waals surface area contributed by atoms with Crippen molar-refractivity contribution < 1.29 is 35.9 Å². The summed E-state index contributed by atoms with van der Waals surface area (Å²) in [5, 5.41) is 3.97. The first-order valence-electron chi connectivity index (χ1n) is 8.90. The molecule has 1 aliphatic heterocycles. The Balaban J connectivity index is 0.000000305. The van der Waals surface area contributed by atoms with Crippen LogP contribution in [-0.2, 0) is 23.7 Å². The van der Waals surface area contributed by atoms with Crippen LogP contribution in [0.3, 0.4) is 0 Å². The van der Waals surface area contributed by atoms with Crippen LogP contribution >= 0.6 is 0 Å². The highest BCUT2D eigenvalue weighted by atomic mass is 19.4. The number of rotatable bonds is 3. The van der Waals surface area contributed by atoms with E-state index in [1.54, 1.807) is 0 Å². The van der Waals surface area contributed by atoms with E-state index >= 15 is 0 Å². The van der Waals surface area contributed by atoms with Crippen molar-refractivity contribution in [1.82, 2.24) is 10.3 Å². The number of amides is 2. The maximum Gasteiger partial charge on any atom is 0.416 e. The van der Waals surface area contributed by atoms with E-state index < -0.39 is 23.5 Å². The second-order valence-corrected chi connectivity index (χ2v) is 6.41. The van der Waals surface area contributed by atoms with Crippen LogP contribution in [0.2, 0.25) is 0 Å². The fourth-order valence-electron chi connectivity index (χ4n) is 2.70. The predicted octanol–water partition coefficient (Wildman–Crippen LogP) is 4.75. The summed E-state index contributed by atoms with van der Waals surface area (Å²) in [5.74, 6) is 5.43. The van der Waals surface area contributed by atoms with E-state index in [4.69, 9.17) is 5.84 Å². The molecule has 32 heavy (non-hydrogen) atoms. The minimum atomic E-state index is -4.82. The van der Waals surface area contributed by atoms with Crippen molar-refractivity contribution in [2.45, 2.75) is 25.0 Å². The highest BCUT2D eigenvalue weighted by molar-refractivity contribution is 5.76. The summed E-state index contributed by atoms with van der Waals surface area (Å²) in [6, 6.07) is 11.0. The zero-order valence-corrected chi connectivity index (χ0v) is 16.9. The van der Waals surface area contributed by atoms with Gasteiger partial charge in [0.2, 0.25) is 0 Å². The number of nitrogens with one attached hydrogen (secondary N) is 1. The van der Waals surface area contributed by atoms with Gasteiger partial charge in [0.15, 0.2) is 0 Å². The van der Waals surface area contributed by atoms with Crippen LogP contribution in [0.25, 0.3) is 0 Å². The fraction of sp³-hybridized carbons (Fsp3) is 0.286. The van der Waals surface area contributed by atoms with Crippen molar-refractivity contribution in [3.8, 4) is 12.8 Å². The van der Waals surface area contributed by atoms with E-state index in [2.05, 4.69) is 22.9 Å². The maximum absolute atomic E-state index is 12.4. The summed E-state index contributed by atoms with van der Waals surface area (Å²) in [4.78, 5) is 11.0. The van der Waals surface area contributed by atoms with Crippen LogP contribution in [0, 0.1) is 12.8 Å². The molecule has 1 heterocycles. The molecule has 2 aromatic carbocycles. The summed E-state index contributed by atoms with van der Waals surface area (Å²) in [6.07, 6.45) is -1.63. The Labute approximate surface area is 181 Å². The van der Waals surface area contributed by atoms with Crippen molar-refractivity contribution in [3.63, 3.8) is 0 Å². The van der Waals surface area contributed by atoms with Gasteiger partial charge in [0.1, 0.15) is 0 Å². The average Bonchev–Trinajstić information content (AvgIpc) is 3.08. The van der Waals surface area contributed by atoms with E-state index in [0.29, 0.717) is 18.7 Å². The molecule has 3 N–H and O–H groups in total. The molecule has 5 nitrogen and oxygen atoms in total. The molecule has 1 fully saturated rings. The molecule has 0 bridgehead atoms. The van der Waals surface area contributed by atoms with Gasteiger partial charge in [-0.1, -0.05) is 30.3 Å². The van der Waals surface area contributed by atoms with E-state index in [0.717, 1.165) is 5.56 Å². The molecule has 1 saturated heterocycles. The van der Waals surface area contributed by atoms with Gasteiger partial charge in [-0.05, 0) is 29.3 Å². The van der Waals surface area contributed by atoms with Crippen molar-refractivity contribution >= 4 is 6.03 Å². The number of carbonyl (C=O) groups excluding carboxylic acids is 1. The normalized spacial score (nSPS) is 15.8. The Morgan fingerprint density at radius 1 is 1.03 bits per heavy atom. The molecular weight excluding hydrogens is 440 g/mol. The van der Waals surface area contributed by atoms with Crippen LogP contribution in [0.4, 0.5) is 31.1 Å².